The van der Waals surface area contributed by atoms with Crippen LogP contribution in [-0.4, -0.2) is 48.9 Å². The van der Waals surface area contributed by atoms with Crippen molar-refractivity contribution in [2.75, 3.05) is 32.1 Å². The molecule has 0 saturated carbocycles. The van der Waals surface area contributed by atoms with E-state index in [0.717, 1.165) is 24.1 Å². The number of carbonyl (C=O) groups is 2. The van der Waals surface area contributed by atoms with E-state index in [1.807, 2.05) is 57.1 Å². The number of nitrogens with zero attached hydrogens (tertiary/aromatic N) is 2. The first-order valence-corrected chi connectivity index (χ1v) is 11.2. The molecule has 1 unspecified atom stereocenters. The quantitative estimate of drug-likeness (QED) is 0.343. The number of likely N-dealkylation sites (tertiary alicyclic amines) is 1. The van der Waals surface area contributed by atoms with Crippen LogP contribution in [0.1, 0.15) is 43.9 Å². The molecule has 1 heterocycles. The van der Waals surface area contributed by atoms with Gasteiger partial charge in [-0.05, 0) is 49.2 Å². The number of amides is 1. The molecule has 1 saturated heterocycles. The number of carbonyl (C=O) groups excluding carboxylic acids is 2. The largest absolute Gasteiger partial charge is 0.507 e. The average Bonchev–Trinajstić information content (AvgIpc) is 3.03. The van der Waals surface area contributed by atoms with Gasteiger partial charge in [-0.2, -0.15) is 0 Å². The molecule has 0 aromatic heterocycles. The fourth-order valence-corrected chi connectivity index (χ4v) is 4.03. The third kappa shape index (κ3) is 4.60. The Bertz CT molecular complexity index is 1030. The average molecular weight is 457 g/mol. The van der Waals surface area contributed by atoms with Crippen LogP contribution in [0.4, 0.5) is 5.69 Å². The maximum absolute atomic E-state index is 13.1. The van der Waals surface area contributed by atoms with Gasteiger partial charge in [-0.15, -0.1) is 0 Å². The normalized spacial score (nSPS) is 17.7. The molecule has 1 N–H and O–H groups in total. The first-order valence-electron chi connectivity index (χ1n) is 10.8. The van der Waals surface area contributed by atoms with E-state index in [-0.39, 0.29) is 21.9 Å². The summed E-state index contributed by atoms with van der Waals surface area (Å²) in [5, 5.41) is 11.5. The van der Waals surface area contributed by atoms with Gasteiger partial charge < -0.3 is 19.6 Å². The monoisotopic (exact) mass is 456 g/mol. The molecule has 0 aliphatic carbocycles. The van der Waals surface area contributed by atoms with Crippen LogP contribution in [0.2, 0.25) is 5.02 Å². The highest BCUT2D eigenvalue weighted by Gasteiger charge is 2.45. The van der Waals surface area contributed by atoms with E-state index < -0.39 is 17.7 Å². The van der Waals surface area contributed by atoms with Crippen LogP contribution in [0.3, 0.4) is 0 Å². The van der Waals surface area contributed by atoms with E-state index in [4.69, 9.17) is 16.3 Å². The van der Waals surface area contributed by atoms with Gasteiger partial charge in [0.05, 0.1) is 23.2 Å². The minimum atomic E-state index is -0.710. The summed E-state index contributed by atoms with van der Waals surface area (Å²) in [6.07, 6.45) is 1.62. The van der Waals surface area contributed by atoms with Gasteiger partial charge >= 0.3 is 0 Å². The minimum absolute atomic E-state index is 0.0410. The van der Waals surface area contributed by atoms with E-state index in [2.05, 4.69) is 0 Å². The third-order valence-corrected chi connectivity index (χ3v) is 5.85. The number of unbranched alkanes of at least 4 members (excludes halogenated alkanes) is 1. The molecule has 32 heavy (non-hydrogen) atoms. The van der Waals surface area contributed by atoms with E-state index >= 15 is 0 Å². The van der Waals surface area contributed by atoms with Crippen molar-refractivity contribution >= 4 is 34.7 Å². The molecule has 0 spiro atoms. The number of ketones is 1. The second kappa shape index (κ2) is 10.1. The Morgan fingerprint density at radius 2 is 1.81 bits per heavy atom. The number of Topliss-reactive ketones (excluding diaryl/α,β-unsaturated/α-hetero) is 1. The number of ether oxygens (including phenoxy) is 1. The second-order valence-electron chi connectivity index (χ2n) is 7.91. The standard InChI is InChI=1S/C25H29ClN2O4/c1-5-7-14-28-22(16-8-10-17(11-9-16)27(3)4)21(24(30)25(28)31)23(29)19-15-18(32-6-2)12-13-20(19)26/h8-13,15,22,29H,5-7,14H2,1-4H3/b23-21+. The van der Waals surface area contributed by atoms with Crippen LogP contribution in [0, 0.1) is 0 Å². The minimum Gasteiger partial charge on any atom is -0.507 e. The van der Waals surface area contributed by atoms with Crippen molar-refractivity contribution in [2.45, 2.75) is 32.7 Å². The van der Waals surface area contributed by atoms with Gasteiger partial charge in [0.1, 0.15) is 11.5 Å². The number of anilines is 1. The van der Waals surface area contributed by atoms with Crippen LogP contribution < -0.4 is 9.64 Å². The summed E-state index contributed by atoms with van der Waals surface area (Å²) in [7, 11) is 3.88. The fraction of sp³-hybridized carbons (Fsp3) is 0.360. The van der Waals surface area contributed by atoms with Crippen molar-refractivity contribution in [3.05, 3.63) is 64.2 Å². The highest BCUT2D eigenvalue weighted by atomic mass is 35.5. The topological polar surface area (TPSA) is 70.1 Å². The molecule has 7 heteroatoms. The van der Waals surface area contributed by atoms with Crippen LogP contribution in [0.25, 0.3) is 5.76 Å². The maximum Gasteiger partial charge on any atom is 0.295 e. The Hall–Kier alpha value is -2.99. The van der Waals surface area contributed by atoms with Crippen molar-refractivity contribution in [3.8, 4) is 5.75 Å². The highest BCUT2D eigenvalue weighted by molar-refractivity contribution is 6.47. The summed E-state index contributed by atoms with van der Waals surface area (Å²) in [5.74, 6) is -1.10. The summed E-state index contributed by atoms with van der Waals surface area (Å²) >= 11 is 6.36. The van der Waals surface area contributed by atoms with Gasteiger partial charge in [0.2, 0.25) is 0 Å². The Morgan fingerprint density at radius 1 is 1.12 bits per heavy atom. The Balaban J connectivity index is 2.17. The lowest BCUT2D eigenvalue weighted by Gasteiger charge is -2.26. The number of aliphatic hydroxyl groups is 1. The lowest BCUT2D eigenvalue weighted by Crippen LogP contribution is -2.30. The van der Waals surface area contributed by atoms with E-state index in [0.29, 0.717) is 18.9 Å². The predicted octanol–water partition coefficient (Wildman–Crippen LogP) is 5.03. The Labute approximate surface area is 194 Å². The van der Waals surface area contributed by atoms with Crippen molar-refractivity contribution in [1.29, 1.82) is 0 Å². The zero-order valence-corrected chi connectivity index (χ0v) is 19.6. The lowest BCUT2D eigenvalue weighted by molar-refractivity contribution is -0.139. The molecule has 2 aromatic rings. The van der Waals surface area contributed by atoms with Crippen molar-refractivity contribution in [1.82, 2.24) is 4.90 Å². The number of halogens is 1. The van der Waals surface area contributed by atoms with Crippen molar-refractivity contribution in [3.63, 3.8) is 0 Å². The highest BCUT2D eigenvalue weighted by Crippen LogP contribution is 2.41. The molecule has 1 aliphatic rings. The van der Waals surface area contributed by atoms with Gasteiger partial charge in [-0.25, -0.2) is 0 Å². The van der Waals surface area contributed by atoms with Gasteiger partial charge in [-0.3, -0.25) is 9.59 Å². The molecule has 1 amide bonds. The second-order valence-corrected chi connectivity index (χ2v) is 8.31. The van der Waals surface area contributed by atoms with E-state index in [1.165, 1.54) is 0 Å². The fourth-order valence-electron chi connectivity index (χ4n) is 3.83. The third-order valence-electron chi connectivity index (χ3n) is 5.52. The number of benzene rings is 2. The summed E-state index contributed by atoms with van der Waals surface area (Å²) in [6.45, 7) is 4.74. The first-order chi connectivity index (χ1) is 15.3. The van der Waals surface area contributed by atoms with Crippen LogP contribution in [0.15, 0.2) is 48.0 Å². The Kier molecular flexibility index (Phi) is 7.46. The summed E-state index contributed by atoms with van der Waals surface area (Å²) in [6, 6.07) is 11.8. The number of rotatable bonds is 8. The van der Waals surface area contributed by atoms with Gasteiger partial charge in [0.25, 0.3) is 11.7 Å². The molecule has 1 aliphatic heterocycles. The SMILES string of the molecule is CCCCN1C(=O)C(=O)/C(=C(/O)c2cc(OCC)ccc2Cl)C1c1ccc(N(C)C)cc1. The molecular formula is C25H29ClN2O4. The van der Waals surface area contributed by atoms with Crippen LogP contribution in [-0.2, 0) is 9.59 Å². The van der Waals surface area contributed by atoms with Gasteiger partial charge in [-0.1, -0.05) is 37.1 Å². The van der Waals surface area contributed by atoms with Crippen molar-refractivity contribution < 1.29 is 19.4 Å². The van der Waals surface area contributed by atoms with E-state index in [9.17, 15) is 14.7 Å². The predicted molar refractivity (Wildman–Crippen MR) is 127 cm³/mol. The van der Waals surface area contributed by atoms with Gasteiger partial charge in [0, 0.05) is 31.9 Å². The Morgan fingerprint density at radius 3 is 2.41 bits per heavy atom. The smallest absolute Gasteiger partial charge is 0.295 e. The molecule has 1 fully saturated rings. The molecule has 170 valence electrons. The van der Waals surface area contributed by atoms with Gasteiger partial charge in [0.15, 0.2) is 0 Å². The van der Waals surface area contributed by atoms with Crippen LogP contribution >= 0.6 is 11.6 Å². The number of aliphatic hydroxyl groups excluding tert-OH is 1. The van der Waals surface area contributed by atoms with Crippen molar-refractivity contribution in [2.24, 2.45) is 0 Å². The van der Waals surface area contributed by atoms with E-state index in [1.54, 1.807) is 23.1 Å². The summed E-state index contributed by atoms with van der Waals surface area (Å²) in [5.41, 5.74) is 2.05. The molecule has 3 rings (SSSR count). The summed E-state index contributed by atoms with van der Waals surface area (Å²) < 4.78 is 5.52. The summed E-state index contributed by atoms with van der Waals surface area (Å²) in [4.78, 5) is 29.5. The lowest BCUT2D eigenvalue weighted by atomic mass is 9.95. The molecular weight excluding hydrogens is 428 g/mol. The molecule has 1 atom stereocenters. The maximum atomic E-state index is 13.1. The van der Waals surface area contributed by atoms with Crippen LogP contribution in [0.5, 0.6) is 5.75 Å². The molecule has 0 radical (unpaired) electrons. The number of hydrogen-bond donors (Lipinski definition) is 1. The zero-order valence-electron chi connectivity index (χ0n) is 18.9. The zero-order chi connectivity index (χ0) is 23.4. The first kappa shape index (κ1) is 23.7. The number of hydrogen-bond acceptors (Lipinski definition) is 5. The molecule has 6 nitrogen and oxygen atoms in total. The molecule has 0 bridgehead atoms. The molecule has 2 aromatic carbocycles.